The van der Waals surface area contributed by atoms with Crippen LogP contribution >= 0.6 is 0 Å². The van der Waals surface area contributed by atoms with Crippen LogP contribution in [0.4, 0.5) is 20.4 Å². The van der Waals surface area contributed by atoms with Crippen LogP contribution < -0.4 is 10.2 Å². The number of carbonyl (C=O) groups is 1. The van der Waals surface area contributed by atoms with Crippen LogP contribution in [0.25, 0.3) is 22.5 Å². The average molecular weight is 638 g/mol. The fourth-order valence-corrected chi connectivity index (χ4v) is 6.09. The van der Waals surface area contributed by atoms with E-state index in [0.717, 1.165) is 6.92 Å². The van der Waals surface area contributed by atoms with E-state index in [9.17, 15) is 10.1 Å². The molecule has 1 N–H and O–H groups in total. The Labute approximate surface area is 271 Å². The Bertz CT molecular complexity index is 1920. The van der Waals surface area contributed by atoms with Crippen LogP contribution in [-0.4, -0.2) is 62.9 Å². The number of carbonyl (C=O) groups excluding carboxylic acids is 1. The molecule has 4 aromatic rings. The molecule has 1 amide bonds. The second-order valence-corrected chi connectivity index (χ2v) is 11.9. The summed E-state index contributed by atoms with van der Waals surface area (Å²) in [5, 5.41) is 30.2. The number of amides is 1. The molecule has 0 radical (unpaired) electrons. The Morgan fingerprint density at radius 1 is 1.13 bits per heavy atom. The summed E-state index contributed by atoms with van der Waals surface area (Å²) in [6.07, 6.45) is 1.78. The normalized spacial score (nSPS) is 16.5. The van der Waals surface area contributed by atoms with Crippen molar-refractivity contribution in [3.63, 3.8) is 0 Å². The molecule has 0 saturated carbocycles. The minimum absolute atomic E-state index is 0.0936. The molecule has 240 valence electrons. The fourth-order valence-electron chi connectivity index (χ4n) is 6.09. The van der Waals surface area contributed by atoms with Crippen molar-refractivity contribution < 1.29 is 18.3 Å². The van der Waals surface area contributed by atoms with Gasteiger partial charge in [0.1, 0.15) is 18.0 Å². The number of alkyl halides is 2. The number of anilines is 2. The molecule has 0 spiro atoms. The number of hydrogen-bond donors (Lipinski definition) is 1. The van der Waals surface area contributed by atoms with Gasteiger partial charge < -0.3 is 14.6 Å². The molecule has 4 heterocycles. The largest absolute Gasteiger partial charge is 0.379 e. The molecule has 11 nitrogen and oxygen atoms in total. The highest BCUT2D eigenvalue weighted by molar-refractivity contribution is 6.10. The molecular weight excluding hydrogens is 604 g/mol. The molecule has 47 heavy (non-hydrogen) atoms. The first-order valence-electron chi connectivity index (χ1n) is 15.3. The number of benzene rings is 2. The molecule has 0 bridgehead atoms. The molecule has 2 aromatic heterocycles. The lowest BCUT2D eigenvalue weighted by molar-refractivity contribution is -0.00472. The lowest BCUT2D eigenvalue weighted by Crippen LogP contribution is -2.43. The van der Waals surface area contributed by atoms with E-state index in [2.05, 4.69) is 32.6 Å². The van der Waals surface area contributed by atoms with Crippen LogP contribution in [0.5, 0.6) is 0 Å². The van der Waals surface area contributed by atoms with Gasteiger partial charge in [-0.05, 0) is 71.6 Å². The number of rotatable bonds is 9. The number of nitrogens with one attached hydrogen (secondary N) is 1. The van der Waals surface area contributed by atoms with Crippen LogP contribution in [0.2, 0.25) is 0 Å². The van der Waals surface area contributed by atoms with Gasteiger partial charge in [-0.15, -0.1) is 10.2 Å². The van der Waals surface area contributed by atoms with E-state index in [1.54, 1.807) is 54.3 Å². The monoisotopic (exact) mass is 637 g/mol. The van der Waals surface area contributed by atoms with Gasteiger partial charge in [-0.1, -0.05) is 0 Å². The molecule has 0 unspecified atom stereocenters. The first-order chi connectivity index (χ1) is 22.6. The number of hydrogen-bond acceptors (Lipinski definition) is 9. The van der Waals surface area contributed by atoms with E-state index in [1.807, 2.05) is 6.92 Å². The Kier molecular flexibility index (Phi) is 8.69. The summed E-state index contributed by atoms with van der Waals surface area (Å²) in [5.74, 6) is -2.44. The predicted octanol–water partition coefficient (Wildman–Crippen LogP) is 5.23. The molecule has 6 rings (SSSR count). The van der Waals surface area contributed by atoms with Gasteiger partial charge >= 0.3 is 0 Å². The average Bonchev–Trinajstić information content (AvgIpc) is 3.63. The van der Waals surface area contributed by atoms with Crippen molar-refractivity contribution in [2.45, 2.75) is 45.3 Å². The second-order valence-electron chi connectivity index (χ2n) is 11.9. The zero-order chi connectivity index (χ0) is 33.3. The quantitative estimate of drug-likeness (QED) is 0.245. The number of pyridine rings is 1. The summed E-state index contributed by atoms with van der Waals surface area (Å²) in [6.45, 7) is 5.26. The summed E-state index contributed by atoms with van der Waals surface area (Å²) in [7, 11) is 1.80. The van der Waals surface area contributed by atoms with Gasteiger partial charge in [0.15, 0.2) is 5.82 Å². The smallest absolute Gasteiger partial charge is 0.270 e. The van der Waals surface area contributed by atoms with Crippen molar-refractivity contribution in [1.29, 1.82) is 10.5 Å². The molecule has 1 atom stereocenters. The number of nitrogens with zero attached hydrogens (tertiary/aromatic N) is 8. The number of aromatic nitrogens is 4. The summed E-state index contributed by atoms with van der Waals surface area (Å²) >= 11 is 0. The summed E-state index contributed by atoms with van der Waals surface area (Å²) < 4.78 is 37.6. The SMILES string of the molecule is C[C@@H]1COCCN1Cc1cc2c(c(C(C)(F)F)c1)CN(c1cc(-c3cc(C#N)ccc3-c3nncn3C)cc(NCCC#N)n1)C2=O. The molecular formula is C34H33F2N9O2. The van der Waals surface area contributed by atoms with Crippen molar-refractivity contribution in [1.82, 2.24) is 24.6 Å². The van der Waals surface area contributed by atoms with Crippen molar-refractivity contribution >= 4 is 17.5 Å². The highest BCUT2D eigenvalue weighted by atomic mass is 19.3. The van der Waals surface area contributed by atoms with Gasteiger partial charge in [-0.2, -0.15) is 10.5 Å². The third-order valence-electron chi connectivity index (χ3n) is 8.51. The van der Waals surface area contributed by atoms with Crippen molar-refractivity contribution in [2.75, 3.05) is 36.5 Å². The summed E-state index contributed by atoms with van der Waals surface area (Å²) in [4.78, 5) is 22.3. The van der Waals surface area contributed by atoms with Crippen LogP contribution in [-0.2, 0) is 30.8 Å². The first kappa shape index (κ1) is 31.7. The summed E-state index contributed by atoms with van der Waals surface area (Å²) in [5.41, 5.74) is 3.27. The fraction of sp³-hybridized carbons (Fsp3) is 0.353. The Hall–Kier alpha value is -5.24. The number of morpholine rings is 1. The van der Waals surface area contributed by atoms with E-state index < -0.39 is 11.8 Å². The number of aryl methyl sites for hydroxylation is 1. The van der Waals surface area contributed by atoms with Crippen molar-refractivity contribution in [3.05, 3.63) is 76.6 Å². The third kappa shape index (κ3) is 6.41. The number of nitriles is 2. The Morgan fingerprint density at radius 2 is 1.96 bits per heavy atom. The number of halogens is 2. The van der Waals surface area contributed by atoms with Crippen LogP contribution in [0.1, 0.15) is 52.9 Å². The van der Waals surface area contributed by atoms with Crippen molar-refractivity contribution in [3.8, 4) is 34.7 Å². The van der Waals surface area contributed by atoms with Gasteiger partial charge in [-0.3, -0.25) is 14.6 Å². The van der Waals surface area contributed by atoms with Gasteiger partial charge in [-0.25, -0.2) is 13.8 Å². The van der Waals surface area contributed by atoms with E-state index in [0.29, 0.717) is 72.3 Å². The maximum atomic E-state index is 15.2. The van der Waals surface area contributed by atoms with Crippen LogP contribution in [0.3, 0.4) is 0 Å². The van der Waals surface area contributed by atoms with Crippen molar-refractivity contribution in [2.24, 2.45) is 7.05 Å². The number of ether oxygens (including phenoxy) is 1. The third-order valence-corrected chi connectivity index (χ3v) is 8.51. The molecule has 2 aliphatic rings. The van der Waals surface area contributed by atoms with E-state index in [-0.39, 0.29) is 41.5 Å². The van der Waals surface area contributed by atoms with Gasteiger partial charge in [0.05, 0.1) is 43.9 Å². The zero-order valence-corrected chi connectivity index (χ0v) is 26.3. The molecule has 2 aliphatic heterocycles. The highest BCUT2D eigenvalue weighted by Crippen LogP contribution is 2.40. The molecule has 1 saturated heterocycles. The predicted molar refractivity (Wildman–Crippen MR) is 170 cm³/mol. The van der Waals surface area contributed by atoms with Crippen LogP contribution in [0, 0.1) is 22.7 Å². The maximum absolute atomic E-state index is 15.2. The minimum atomic E-state index is -3.19. The molecule has 0 aliphatic carbocycles. The highest BCUT2D eigenvalue weighted by Gasteiger charge is 2.38. The standard InChI is InChI=1S/C34H33F2N9O2/c1-21-19-47-10-9-44(21)17-23-12-27-28(29(13-23)34(2,35)36)18-45(33(27)46)31-15-24(14-30(41-31)39-8-4-7-37)26-11-22(16-38)5-6-25(26)32-42-40-20-43(32)3/h5-6,11-15,20-21H,4,8-10,17-19H2,1-3H3,(H,39,41)/t21-/m1/s1. The van der Waals surface area contributed by atoms with Gasteiger partial charge in [0.25, 0.3) is 11.8 Å². The van der Waals surface area contributed by atoms with E-state index in [4.69, 9.17) is 15.0 Å². The lowest BCUT2D eigenvalue weighted by atomic mass is 9.95. The van der Waals surface area contributed by atoms with Crippen LogP contribution in [0.15, 0.2) is 48.8 Å². The molecule has 1 fully saturated rings. The minimum Gasteiger partial charge on any atom is -0.379 e. The molecule has 13 heteroatoms. The van der Waals surface area contributed by atoms with Gasteiger partial charge in [0, 0.05) is 56.3 Å². The van der Waals surface area contributed by atoms with Gasteiger partial charge in [0.2, 0.25) is 0 Å². The topological polar surface area (TPSA) is 136 Å². The van der Waals surface area contributed by atoms with E-state index >= 15 is 8.78 Å². The Morgan fingerprint density at radius 3 is 2.66 bits per heavy atom. The maximum Gasteiger partial charge on any atom is 0.270 e. The van der Waals surface area contributed by atoms with E-state index in [1.165, 1.54) is 11.0 Å². The molecule has 2 aromatic carbocycles. The lowest BCUT2D eigenvalue weighted by Gasteiger charge is -2.33. The second kappa shape index (κ2) is 12.9. The number of fused-ring (bicyclic) bond motifs is 1. The Balaban J connectivity index is 1.45. The summed E-state index contributed by atoms with van der Waals surface area (Å²) in [6, 6.07) is 16.2. The zero-order valence-electron chi connectivity index (χ0n) is 26.3. The first-order valence-corrected chi connectivity index (χ1v) is 15.3.